The van der Waals surface area contributed by atoms with Crippen molar-refractivity contribution in [3.05, 3.63) is 119 Å². The molecule has 4 aromatic carbocycles. The van der Waals surface area contributed by atoms with Gasteiger partial charge in [-0.1, -0.05) is 125 Å². The van der Waals surface area contributed by atoms with Gasteiger partial charge in [0.1, 0.15) is 19.3 Å². The SMILES string of the molecule is CC.CC.CN(C(=O)OCC1c2ccccc2-c2ccccc21)C(CNC(=O)OCC1c2ccccc2-c2ccccc21)C(=O)O. The Labute approximate surface area is 271 Å². The zero-order valence-electron chi connectivity index (χ0n) is 27.0. The Kier molecular flexibility index (Phi) is 11.6. The van der Waals surface area contributed by atoms with E-state index in [0.717, 1.165) is 49.4 Å². The van der Waals surface area contributed by atoms with Gasteiger partial charge in [0.15, 0.2) is 0 Å². The topological polar surface area (TPSA) is 105 Å². The van der Waals surface area contributed by atoms with E-state index in [1.54, 1.807) is 0 Å². The number of fused-ring (bicyclic) bond motifs is 6. The maximum atomic E-state index is 12.9. The first-order chi connectivity index (χ1) is 22.4. The number of benzene rings is 4. The Morgan fingerprint density at radius 2 is 1.00 bits per heavy atom. The number of amides is 2. The summed E-state index contributed by atoms with van der Waals surface area (Å²) in [6.07, 6.45) is -1.55. The first-order valence-electron chi connectivity index (χ1n) is 15.8. The van der Waals surface area contributed by atoms with Crippen LogP contribution in [0.5, 0.6) is 0 Å². The molecular weight excluding hydrogens is 580 g/mol. The standard InChI is InChI=1S/C34H30N2O6.2C2H6/c1-36(34(40)42-20-30-27-16-8-4-12-23(27)24-13-5-9-17-28(24)30)31(32(37)38)18-35-33(39)41-19-29-25-14-6-2-10-21(25)22-11-3-7-15-26(22)29;2*1-2/h2-17,29-31H,18-20H2,1H3,(H,35,39)(H,37,38);2*1-2H3. The van der Waals surface area contributed by atoms with Crippen molar-refractivity contribution in [2.45, 2.75) is 45.6 Å². The van der Waals surface area contributed by atoms with Gasteiger partial charge in [0.05, 0.1) is 6.54 Å². The molecule has 0 aromatic heterocycles. The van der Waals surface area contributed by atoms with E-state index in [9.17, 15) is 19.5 Å². The summed E-state index contributed by atoms with van der Waals surface area (Å²) in [6, 6.07) is 30.6. The third-order valence-corrected chi connectivity index (χ3v) is 8.16. The van der Waals surface area contributed by atoms with E-state index in [-0.39, 0.29) is 31.6 Å². The Hall–Kier alpha value is -5.11. The van der Waals surface area contributed by atoms with Gasteiger partial charge < -0.3 is 19.9 Å². The van der Waals surface area contributed by atoms with Gasteiger partial charge in [-0.15, -0.1) is 0 Å². The average molecular weight is 623 g/mol. The van der Waals surface area contributed by atoms with Crippen LogP contribution < -0.4 is 5.32 Å². The van der Waals surface area contributed by atoms with Gasteiger partial charge in [-0.25, -0.2) is 14.4 Å². The predicted octanol–water partition coefficient (Wildman–Crippen LogP) is 7.91. The lowest BCUT2D eigenvalue weighted by Gasteiger charge is -2.25. The lowest BCUT2D eigenvalue weighted by molar-refractivity contribution is -0.142. The van der Waals surface area contributed by atoms with E-state index in [0.29, 0.717) is 0 Å². The number of nitrogens with one attached hydrogen (secondary N) is 1. The second-order valence-electron chi connectivity index (χ2n) is 10.5. The molecule has 46 heavy (non-hydrogen) atoms. The Morgan fingerprint density at radius 1 is 0.652 bits per heavy atom. The largest absolute Gasteiger partial charge is 0.480 e. The normalized spacial score (nSPS) is 12.8. The van der Waals surface area contributed by atoms with Gasteiger partial charge in [0.25, 0.3) is 0 Å². The summed E-state index contributed by atoms with van der Waals surface area (Å²) >= 11 is 0. The lowest BCUT2D eigenvalue weighted by Crippen LogP contribution is -2.49. The highest BCUT2D eigenvalue weighted by atomic mass is 16.6. The predicted molar refractivity (Wildman–Crippen MR) is 180 cm³/mol. The molecule has 0 heterocycles. The molecule has 0 aliphatic heterocycles. The van der Waals surface area contributed by atoms with E-state index in [1.807, 2.05) is 125 Å². The number of likely N-dealkylation sites (N-methyl/N-ethyl adjacent to an activating group) is 1. The number of hydrogen-bond acceptors (Lipinski definition) is 5. The van der Waals surface area contributed by atoms with Crippen LogP contribution in [0.15, 0.2) is 97.1 Å². The molecule has 0 fully saturated rings. The van der Waals surface area contributed by atoms with Crippen LogP contribution in [0.3, 0.4) is 0 Å². The molecule has 1 atom stereocenters. The van der Waals surface area contributed by atoms with Crippen molar-refractivity contribution in [1.82, 2.24) is 10.2 Å². The van der Waals surface area contributed by atoms with Crippen LogP contribution in [0.2, 0.25) is 0 Å². The van der Waals surface area contributed by atoms with Crippen LogP contribution in [0.25, 0.3) is 22.3 Å². The summed E-state index contributed by atoms with van der Waals surface area (Å²) in [5.74, 6) is -1.55. The van der Waals surface area contributed by atoms with Gasteiger partial charge in [-0.05, 0) is 44.5 Å². The number of alkyl carbamates (subject to hydrolysis) is 1. The van der Waals surface area contributed by atoms with E-state index in [2.05, 4.69) is 5.32 Å². The number of ether oxygens (including phenoxy) is 2. The summed E-state index contributed by atoms with van der Waals surface area (Å²) < 4.78 is 11.1. The minimum atomic E-state index is -1.35. The van der Waals surface area contributed by atoms with Gasteiger partial charge in [-0.3, -0.25) is 4.90 Å². The molecule has 0 saturated heterocycles. The van der Waals surface area contributed by atoms with E-state index < -0.39 is 24.2 Å². The van der Waals surface area contributed by atoms with Gasteiger partial charge in [-0.2, -0.15) is 0 Å². The van der Waals surface area contributed by atoms with Crippen LogP contribution >= 0.6 is 0 Å². The van der Waals surface area contributed by atoms with Gasteiger partial charge in [0.2, 0.25) is 0 Å². The molecule has 0 saturated carbocycles. The van der Waals surface area contributed by atoms with Crippen molar-refractivity contribution in [2.75, 3.05) is 26.8 Å². The van der Waals surface area contributed by atoms with Gasteiger partial charge >= 0.3 is 18.2 Å². The molecule has 2 aliphatic carbocycles. The Bertz CT molecular complexity index is 1580. The van der Waals surface area contributed by atoms with Crippen molar-refractivity contribution in [1.29, 1.82) is 0 Å². The smallest absolute Gasteiger partial charge is 0.410 e. The molecule has 2 aliphatic rings. The van der Waals surface area contributed by atoms with Crippen LogP contribution in [0, 0.1) is 0 Å². The first-order valence-corrected chi connectivity index (χ1v) is 15.8. The van der Waals surface area contributed by atoms with Crippen LogP contribution in [0.4, 0.5) is 9.59 Å². The molecule has 0 radical (unpaired) electrons. The zero-order valence-corrected chi connectivity index (χ0v) is 27.0. The molecule has 6 rings (SSSR count). The van der Waals surface area contributed by atoms with Gasteiger partial charge in [0, 0.05) is 18.9 Å². The number of carboxylic acids is 1. The number of carbonyl (C=O) groups is 3. The molecule has 8 nitrogen and oxygen atoms in total. The zero-order chi connectivity index (χ0) is 33.2. The summed E-state index contributed by atoms with van der Waals surface area (Å²) in [4.78, 5) is 38.6. The highest BCUT2D eigenvalue weighted by Gasteiger charge is 2.33. The lowest BCUT2D eigenvalue weighted by atomic mass is 9.98. The Morgan fingerprint density at radius 3 is 1.37 bits per heavy atom. The minimum absolute atomic E-state index is 0.0589. The monoisotopic (exact) mass is 622 g/mol. The number of hydrogen-bond donors (Lipinski definition) is 2. The van der Waals surface area contributed by atoms with Crippen molar-refractivity contribution < 1.29 is 29.0 Å². The van der Waals surface area contributed by atoms with Crippen molar-refractivity contribution in [3.8, 4) is 22.3 Å². The molecule has 0 spiro atoms. The second-order valence-corrected chi connectivity index (χ2v) is 10.5. The van der Waals surface area contributed by atoms with Crippen LogP contribution in [0.1, 0.15) is 61.8 Å². The van der Waals surface area contributed by atoms with Crippen LogP contribution in [-0.4, -0.2) is 61.0 Å². The summed E-state index contributed by atoms with van der Waals surface area (Å²) in [5, 5.41) is 12.3. The fourth-order valence-corrected chi connectivity index (χ4v) is 6.04. The fraction of sp³-hybridized carbons (Fsp3) is 0.289. The van der Waals surface area contributed by atoms with Crippen molar-refractivity contribution >= 4 is 18.2 Å². The number of aliphatic carboxylic acids is 1. The molecule has 8 heteroatoms. The highest BCUT2D eigenvalue weighted by molar-refractivity contribution is 5.82. The minimum Gasteiger partial charge on any atom is -0.480 e. The summed E-state index contributed by atoms with van der Waals surface area (Å²) in [6.45, 7) is 7.82. The number of nitrogens with zero attached hydrogens (tertiary/aromatic N) is 1. The third kappa shape index (κ3) is 6.91. The second kappa shape index (κ2) is 15.8. The molecule has 2 N–H and O–H groups in total. The molecule has 240 valence electrons. The number of carbonyl (C=O) groups excluding carboxylic acids is 2. The Balaban J connectivity index is 0.00000116. The average Bonchev–Trinajstić information content (AvgIpc) is 3.60. The van der Waals surface area contributed by atoms with E-state index in [1.165, 1.54) is 7.05 Å². The summed E-state index contributed by atoms with van der Waals surface area (Å²) in [7, 11) is 1.34. The maximum absolute atomic E-state index is 12.9. The molecule has 4 aromatic rings. The van der Waals surface area contributed by atoms with E-state index in [4.69, 9.17) is 9.47 Å². The van der Waals surface area contributed by atoms with Crippen LogP contribution in [-0.2, 0) is 14.3 Å². The highest BCUT2D eigenvalue weighted by Crippen LogP contribution is 2.45. The van der Waals surface area contributed by atoms with E-state index >= 15 is 0 Å². The summed E-state index contributed by atoms with van der Waals surface area (Å²) in [5.41, 5.74) is 8.67. The van der Waals surface area contributed by atoms with Crippen molar-refractivity contribution in [2.24, 2.45) is 0 Å². The molecule has 2 amide bonds. The van der Waals surface area contributed by atoms with Crippen molar-refractivity contribution in [3.63, 3.8) is 0 Å². The quantitative estimate of drug-likeness (QED) is 0.207. The third-order valence-electron chi connectivity index (χ3n) is 8.16. The molecule has 1 unspecified atom stereocenters. The molecular formula is C38H42N2O6. The number of rotatable bonds is 8. The number of carboxylic acid groups (broad SMARTS) is 1. The maximum Gasteiger partial charge on any atom is 0.410 e. The fourth-order valence-electron chi connectivity index (χ4n) is 6.04. The molecule has 0 bridgehead atoms. The first kappa shape index (κ1) is 33.8.